The SMILES string of the molecule is Cc1ncc(C(C)Cn2cc(C)c3ccc(F)cc32)cn1. The summed E-state index contributed by atoms with van der Waals surface area (Å²) in [4.78, 5) is 8.49. The van der Waals surface area contributed by atoms with Gasteiger partial charge in [0.1, 0.15) is 11.6 Å². The molecule has 4 heteroatoms. The van der Waals surface area contributed by atoms with E-state index in [4.69, 9.17) is 0 Å². The molecule has 0 amide bonds. The lowest BCUT2D eigenvalue weighted by Crippen LogP contribution is -2.06. The van der Waals surface area contributed by atoms with E-state index in [2.05, 4.69) is 34.6 Å². The highest BCUT2D eigenvalue weighted by atomic mass is 19.1. The Morgan fingerprint density at radius 2 is 1.90 bits per heavy atom. The Morgan fingerprint density at radius 3 is 2.62 bits per heavy atom. The van der Waals surface area contributed by atoms with Crippen molar-refractivity contribution in [2.24, 2.45) is 0 Å². The molecule has 0 aliphatic heterocycles. The van der Waals surface area contributed by atoms with E-state index in [9.17, 15) is 4.39 Å². The van der Waals surface area contributed by atoms with Crippen molar-refractivity contribution < 1.29 is 4.39 Å². The lowest BCUT2D eigenvalue weighted by atomic mass is 10.1. The number of benzene rings is 1. The number of halogens is 1. The summed E-state index contributed by atoms with van der Waals surface area (Å²) in [7, 11) is 0. The minimum absolute atomic E-state index is 0.201. The topological polar surface area (TPSA) is 30.7 Å². The first-order valence-corrected chi connectivity index (χ1v) is 7.08. The largest absolute Gasteiger partial charge is 0.347 e. The molecule has 0 N–H and O–H groups in total. The van der Waals surface area contributed by atoms with Gasteiger partial charge in [-0.25, -0.2) is 14.4 Å². The van der Waals surface area contributed by atoms with Crippen LogP contribution in [0.2, 0.25) is 0 Å². The summed E-state index contributed by atoms with van der Waals surface area (Å²) in [5.74, 6) is 0.840. The summed E-state index contributed by atoms with van der Waals surface area (Å²) in [6.07, 6.45) is 5.81. The predicted octanol–water partition coefficient (Wildman–Crippen LogP) is 3.99. The first-order chi connectivity index (χ1) is 10.0. The molecular weight excluding hydrogens is 265 g/mol. The van der Waals surface area contributed by atoms with E-state index in [-0.39, 0.29) is 11.7 Å². The summed E-state index contributed by atoms with van der Waals surface area (Å²) in [6, 6.07) is 4.95. The van der Waals surface area contributed by atoms with Gasteiger partial charge in [0, 0.05) is 36.4 Å². The van der Waals surface area contributed by atoms with Gasteiger partial charge in [-0.1, -0.05) is 6.92 Å². The molecule has 3 nitrogen and oxygen atoms in total. The number of nitrogens with zero attached hydrogens (tertiary/aromatic N) is 3. The van der Waals surface area contributed by atoms with Crippen LogP contribution in [-0.2, 0) is 6.54 Å². The monoisotopic (exact) mass is 283 g/mol. The molecule has 3 rings (SSSR count). The third kappa shape index (κ3) is 2.66. The predicted molar refractivity (Wildman–Crippen MR) is 81.8 cm³/mol. The molecule has 1 unspecified atom stereocenters. The van der Waals surface area contributed by atoms with Crippen molar-refractivity contribution in [2.75, 3.05) is 0 Å². The zero-order chi connectivity index (χ0) is 15.0. The number of aryl methyl sites for hydroxylation is 2. The summed E-state index contributed by atoms with van der Waals surface area (Å²) in [5, 5.41) is 1.10. The zero-order valence-electron chi connectivity index (χ0n) is 12.5. The minimum Gasteiger partial charge on any atom is -0.347 e. The maximum Gasteiger partial charge on any atom is 0.125 e. The summed E-state index contributed by atoms with van der Waals surface area (Å²) < 4.78 is 15.6. The molecule has 0 aliphatic carbocycles. The fourth-order valence-electron chi connectivity index (χ4n) is 2.66. The van der Waals surface area contributed by atoms with Crippen LogP contribution in [0.4, 0.5) is 4.39 Å². The van der Waals surface area contributed by atoms with Crippen LogP contribution in [0, 0.1) is 19.7 Å². The Morgan fingerprint density at radius 1 is 1.19 bits per heavy atom. The Bertz CT molecular complexity index is 775. The molecule has 2 heterocycles. The van der Waals surface area contributed by atoms with Gasteiger partial charge >= 0.3 is 0 Å². The Balaban J connectivity index is 1.94. The van der Waals surface area contributed by atoms with Gasteiger partial charge in [0.05, 0.1) is 5.52 Å². The number of fused-ring (bicyclic) bond motifs is 1. The molecule has 0 spiro atoms. The van der Waals surface area contributed by atoms with Gasteiger partial charge < -0.3 is 4.57 Å². The zero-order valence-corrected chi connectivity index (χ0v) is 12.5. The van der Waals surface area contributed by atoms with Crippen molar-refractivity contribution in [3.8, 4) is 0 Å². The van der Waals surface area contributed by atoms with Crippen LogP contribution < -0.4 is 0 Å². The molecule has 2 aromatic heterocycles. The second kappa shape index (κ2) is 5.28. The molecule has 0 fully saturated rings. The van der Waals surface area contributed by atoms with Gasteiger partial charge in [0.2, 0.25) is 0 Å². The van der Waals surface area contributed by atoms with Crippen molar-refractivity contribution >= 4 is 10.9 Å². The van der Waals surface area contributed by atoms with Crippen molar-refractivity contribution in [2.45, 2.75) is 33.2 Å². The molecule has 0 saturated carbocycles. The molecule has 1 atom stereocenters. The Labute approximate surface area is 123 Å². The second-order valence-electron chi connectivity index (χ2n) is 5.59. The highest BCUT2D eigenvalue weighted by molar-refractivity contribution is 5.83. The fourth-order valence-corrected chi connectivity index (χ4v) is 2.66. The molecule has 0 bridgehead atoms. The van der Waals surface area contributed by atoms with Crippen molar-refractivity contribution in [3.05, 3.63) is 59.6 Å². The van der Waals surface area contributed by atoms with E-state index in [1.165, 1.54) is 6.07 Å². The standard InChI is InChI=1S/C17H18FN3/c1-11(14-7-19-13(3)20-8-14)9-21-10-12(2)16-5-4-15(18)6-17(16)21/h4-8,10-11H,9H2,1-3H3. The van der Waals surface area contributed by atoms with E-state index in [1.807, 2.05) is 25.4 Å². The molecule has 3 aromatic rings. The van der Waals surface area contributed by atoms with Crippen LogP contribution in [0.25, 0.3) is 10.9 Å². The maximum atomic E-state index is 13.5. The van der Waals surface area contributed by atoms with Crippen LogP contribution in [0.5, 0.6) is 0 Å². The lowest BCUT2D eigenvalue weighted by Gasteiger charge is -2.13. The first-order valence-electron chi connectivity index (χ1n) is 7.08. The molecule has 0 radical (unpaired) electrons. The van der Waals surface area contributed by atoms with Crippen molar-refractivity contribution in [1.29, 1.82) is 0 Å². The molecule has 1 aromatic carbocycles. The molecule has 0 aliphatic rings. The second-order valence-corrected chi connectivity index (χ2v) is 5.59. The summed E-state index contributed by atoms with van der Waals surface area (Å²) >= 11 is 0. The Kier molecular flexibility index (Phi) is 3.45. The van der Waals surface area contributed by atoms with Crippen LogP contribution in [0.3, 0.4) is 0 Å². The number of hydrogen-bond donors (Lipinski definition) is 0. The van der Waals surface area contributed by atoms with Gasteiger partial charge in [-0.2, -0.15) is 0 Å². The van der Waals surface area contributed by atoms with E-state index in [1.54, 1.807) is 6.07 Å². The highest BCUT2D eigenvalue weighted by Gasteiger charge is 2.11. The van der Waals surface area contributed by atoms with E-state index < -0.39 is 0 Å². The van der Waals surface area contributed by atoms with Gasteiger partial charge in [0.25, 0.3) is 0 Å². The summed E-state index contributed by atoms with van der Waals surface area (Å²) in [6.45, 7) is 6.84. The number of rotatable bonds is 3. The van der Waals surface area contributed by atoms with Crippen LogP contribution >= 0.6 is 0 Å². The van der Waals surface area contributed by atoms with E-state index in [0.717, 1.165) is 34.4 Å². The highest BCUT2D eigenvalue weighted by Crippen LogP contribution is 2.25. The quantitative estimate of drug-likeness (QED) is 0.727. The van der Waals surface area contributed by atoms with Crippen LogP contribution in [-0.4, -0.2) is 14.5 Å². The van der Waals surface area contributed by atoms with Gasteiger partial charge in [-0.3, -0.25) is 0 Å². The van der Waals surface area contributed by atoms with Gasteiger partial charge in [-0.05, 0) is 43.2 Å². The molecular formula is C17H18FN3. The van der Waals surface area contributed by atoms with Crippen LogP contribution in [0.15, 0.2) is 36.8 Å². The smallest absolute Gasteiger partial charge is 0.125 e. The van der Waals surface area contributed by atoms with Crippen molar-refractivity contribution in [3.63, 3.8) is 0 Å². The van der Waals surface area contributed by atoms with E-state index >= 15 is 0 Å². The van der Waals surface area contributed by atoms with Crippen LogP contribution in [0.1, 0.15) is 29.8 Å². The van der Waals surface area contributed by atoms with E-state index in [0.29, 0.717) is 0 Å². The number of hydrogen-bond acceptors (Lipinski definition) is 2. The minimum atomic E-state index is -0.201. The Hall–Kier alpha value is -2.23. The average molecular weight is 283 g/mol. The maximum absolute atomic E-state index is 13.5. The third-order valence-corrected chi connectivity index (χ3v) is 3.88. The van der Waals surface area contributed by atoms with Crippen molar-refractivity contribution in [1.82, 2.24) is 14.5 Å². The fraction of sp³-hybridized carbons (Fsp3) is 0.294. The third-order valence-electron chi connectivity index (χ3n) is 3.88. The normalized spacial score (nSPS) is 12.8. The lowest BCUT2D eigenvalue weighted by molar-refractivity contribution is 0.603. The summed E-state index contributed by atoms with van der Waals surface area (Å²) in [5.41, 5.74) is 3.20. The molecule has 108 valence electrons. The molecule has 21 heavy (non-hydrogen) atoms. The number of aromatic nitrogens is 3. The first kappa shape index (κ1) is 13.7. The average Bonchev–Trinajstić information content (AvgIpc) is 2.75. The van der Waals surface area contributed by atoms with Gasteiger partial charge in [-0.15, -0.1) is 0 Å². The van der Waals surface area contributed by atoms with Gasteiger partial charge in [0.15, 0.2) is 0 Å². The molecule has 0 saturated heterocycles.